The maximum absolute atomic E-state index is 13.0. The van der Waals surface area contributed by atoms with E-state index >= 15 is 0 Å². The van der Waals surface area contributed by atoms with E-state index in [1.165, 1.54) is 19.1 Å². The SMILES string of the molecule is CCOC(=O)N(Cc1ccccc1)[C@H]1C[C@@H](C)N(C(=O)O)c2cc(OC)c(OC)cc21. The zero-order valence-corrected chi connectivity index (χ0v) is 18.2. The molecule has 31 heavy (non-hydrogen) atoms. The van der Waals surface area contributed by atoms with Crippen LogP contribution in [0.1, 0.15) is 37.4 Å². The maximum atomic E-state index is 13.0. The van der Waals surface area contributed by atoms with E-state index in [1.807, 2.05) is 37.3 Å². The minimum Gasteiger partial charge on any atom is -0.493 e. The van der Waals surface area contributed by atoms with Crippen molar-refractivity contribution in [1.82, 2.24) is 4.90 Å². The van der Waals surface area contributed by atoms with Gasteiger partial charge in [-0.15, -0.1) is 0 Å². The highest BCUT2D eigenvalue weighted by molar-refractivity contribution is 5.90. The minimum absolute atomic E-state index is 0.242. The number of hydrogen-bond donors (Lipinski definition) is 1. The lowest BCUT2D eigenvalue weighted by Gasteiger charge is -2.42. The Morgan fingerprint density at radius 1 is 1.13 bits per heavy atom. The summed E-state index contributed by atoms with van der Waals surface area (Å²) in [4.78, 5) is 28.0. The molecule has 8 heteroatoms. The van der Waals surface area contributed by atoms with Gasteiger partial charge in [-0.25, -0.2) is 9.59 Å². The lowest BCUT2D eigenvalue weighted by atomic mass is 9.90. The van der Waals surface area contributed by atoms with Crippen molar-refractivity contribution < 1.29 is 28.9 Å². The quantitative estimate of drug-likeness (QED) is 0.719. The summed E-state index contributed by atoms with van der Waals surface area (Å²) in [6.07, 6.45) is -1.10. The van der Waals surface area contributed by atoms with E-state index < -0.39 is 18.2 Å². The van der Waals surface area contributed by atoms with E-state index in [-0.39, 0.29) is 12.6 Å². The molecule has 2 amide bonds. The molecule has 0 saturated carbocycles. The molecule has 2 aromatic carbocycles. The normalized spacial score (nSPS) is 17.5. The molecule has 1 aliphatic rings. The second-order valence-corrected chi connectivity index (χ2v) is 7.33. The molecule has 1 aliphatic heterocycles. The summed E-state index contributed by atoms with van der Waals surface area (Å²) in [5.41, 5.74) is 2.09. The summed E-state index contributed by atoms with van der Waals surface area (Å²) in [6, 6.07) is 12.3. The van der Waals surface area contributed by atoms with Gasteiger partial charge in [0.1, 0.15) is 0 Å². The third kappa shape index (κ3) is 4.52. The summed E-state index contributed by atoms with van der Waals surface area (Å²) < 4.78 is 16.2. The Kier molecular flexibility index (Phi) is 6.89. The van der Waals surface area contributed by atoms with Gasteiger partial charge in [-0.2, -0.15) is 0 Å². The molecule has 2 atom stereocenters. The molecule has 1 N–H and O–H groups in total. The largest absolute Gasteiger partial charge is 0.493 e. The number of carboxylic acid groups (broad SMARTS) is 1. The predicted molar refractivity (Wildman–Crippen MR) is 116 cm³/mol. The number of amides is 2. The average molecular weight is 428 g/mol. The standard InChI is InChI=1S/C23H28N2O6/c1-5-31-23(28)24(14-16-9-7-6-8-10-16)18-11-15(2)25(22(26)27)19-13-21(30-4)20(29-3)12-17(18)19/h6-10,12-13,15,18H,5,11,14H2,1-4H3,(H,26,27)/t15-,18+/m1/s1. The van der Waals surface area contributed by atoms with Crippen LogP contribution < -0.4 is 14.4 Å². The van der Waals surface area contributed by atoms with Gasteiger partial charge in [-0.05, 0) is 31.9 Å². The molecular formula is C23H28N2O6. The number of ether oxygens (including phenoxy) is 3. The van der Waals surface area contributed by atoms with Crippen LogP contribution >= 0.6 is 0 Å². The Morgan fingerprint density at radius 3 is 2.35 bits per heavy atom. The number of methoxy groups -OCH3 is 2. The van der Waals surface area contributed by atoms with Crippen molar-refractivity contribution in [2.75, 3.05) is 25.7 Å². The molecule has 3 rings (SSSR count). The molecular weight excluding hydrogens is 400 g/mol. The van der Waals surface area contributed by atoms with Gasteiger partial charge in [-0.1, -0.05) is 30.3 Å². The number of anilines is 1. The highest BCUT2D eigenvalue weighted by atomic mass is 16.6. The second-order valence-electron chi connectivity index (χ2n) is 7.33. The van der Waals surface area contributed by atoms with E-state index in [4.69, 9.17) is 14.2 Å². The van der Waals surface area contributed by atoms with Crippen molar-refractivity contribution in [2.24, 2.45) is 0 Å². The van der Waals surface area contributed by atoms with Crippen LogP contribution in [0.15, 0.2) is 42.5 Å². The Morgan fingerprint density at radius 2 is 1.77 bits per heavy atom. The summed E-state index contributed by atoms with van der Waals surface area (Å²) in [6.45, 7) is 4.16. The Balaban J connectivity index is 2.14. The molecule has 0 unspecified atom stereocenters. The van der Waals surface area contributed by atoms with Crippen molar-refractivity contribution in [3.63, 3.8) is 0 Å². The Bertz CT molecular complexity index is 933. The monoisotopic (exact) mass is 428 g/mol. The van der Waals surface area contributed by atoms with E-state index in [2.05, 4.69) is 0 Å². The van der Waals surface area contributed by atoms with E-state index in [1.54, 1.807) is 24.0 Å². The Hall–Kier alpha value is -3.42. The first-order chi connectivity index (χ1) is 14.9. The zero-order valence-electron chi connectivity index (χ0n) is 18.2. The minimum atomic E-state index is -1.06. The van der Waals surface area contributed by atoms with E-state index in [9.17, 15) is 14.7 Å². The Labute approximate surface area is 181 Å². The molecule has 0 radical (unpaired) electrons. The van der Waals surface area contributed by atoms with Gasteiger partial charge in [0.25, 0.3) is 0 Å². The first-order valence-electron chi connectivity index (χ1n) is 10.2. The number of nitrogens with zero attached hydrogens (tertiary/aromatic N) is 2. The summed E-state index contributed by atoms with van der Waals surface area (Å²) in [7, 11) is 3.02. The van der Waals surface area contributed by atoms with Crippen molar-refractivity contribution in [3.8, 4) is 11.5 Å². The van der Waals surface area contributed by atoms with Gasteiger partial charge < -0.3 is 19.3 Å². The molecule has 8 nitrogen and oxygen atoms in total. The van der Waals surface area contributed by atoms with Crippen LogP contribution in [0.5, 0.6) is 11.5 Å². The van der Waals surface area contributed by atoms with Crippen molar-refractivity contribution in [3.05, 3.63) is 53.6 Å². The van der Waals surface area contributed by atoms with Crippen LogP contribution in [0.2, 0.25) is 0 Å². The highest BCUT2D eigenvalue weighted by Crippen LogP contribution is 2.46. The second kappa shape index (κ2) is 9.59. The van der Waals surface area contributed by atoms with Crippen molar-refractivity contribution in [1.29, 1.82) is 0 Å². The summed E-state index contributed by atoms with van der Waals surface area (Å²) in [5, 5.41) is 9.85. The lowest BCUT2D eigenvalue weighted by Crippen LogP contribution is -2.47. The molecule has 2 aromatic rings. The molecule has 0 aromatic heterocycles. The number of benzene rings is 2. The number of rotatable bonds is 6. The van der Waals surface area contributed by atoms with Gasteiger partial charge in [0, 0.05) is 24.2 Å². The van der Waals surface area contributed by atoms with Crippen LogP contribution in [0.4, 0.5) is 15.3 Å². The third-order valence-electron chi connectivity index (χ3n) is 5.44. The average Bonchev–Trinajstić information content (AvgIpc) is 2.76. The van der Waals surface area contributed by atoms with Crippen molar-refractivity contribution in [2.45, 2.75) is 38.9 Å². The van der Waals surface area contributed by atoms with Gasteiger partial charge >= 0.3 is 12.2 Å². The third-order valence-corrected chi connectivity index (χ3v) is 5.44. The number of hydrogen-bond acceptors (Lipinski definition) is 5. The predicted octanol–water partition coefficient (Wildman–Crippen LogP) is 4.68. The first kappa shape index (κ1) is 22.3. The molecule has 0 spiro atoms. The van der Waals surface area contributed by atoms with Gasteiger partial charge in [0.15, 0.2) is 11.5 Å². The number of carbonyl (C=O) groups is 2. The fourth-order valence-electron chi connectivity index (χ4n) is 4.03. The molecule has 1 heterocycles. The molecule has 0 fully saturated rings. The highest BCUT2D eigenvalue weighted by Gasteiger charge is 2.39. The topological polar surface area (TPSA) is 88.5 Å². The van der Waals surface area contributed by atoms with Crippen LogP contribution in [0, 0.1) is 0 Å². The van der Waals surface area contributed by atoms with Gasteiger partial charge in [0.05, 0.1) is 32.6 Å². The van der Waals surface area contributed by atoms with Crippen molar-refractivity contribution >= 4 is 17.9 Å². The van der Waals surface area contributed by atoms with Crippen LogP contribution in [0.3, 0.4) is 0 Å². The molecule has 0 saturated heterocycles. The zero-order chi connectivity index (χ0) is 22.5. The first-order valence-corrected chi connectivity index (χ1v) is 10.2. The van der Waals surface area contributed by atoms with E-state index in [0.717, 1.165) is 5.56 Å². The molecule has 0 aliphatic carbocycles. The van der Waals surface area contributed by atoms with E-state index in [0.29, 0.717) is 35.7 Å². The fraction of sp³-hybridized carbons (Fsp3) is 0.391. The molecule has 166 valence electrons. The van der Waals surface area contributed by atoms with Crippen LogP contribution in [-0.4, -0.2) is 49.1 Å². The summed E-state index contributed by atoms with van der Waals surface area (Å²) in [5.74, 6) is 0.890. The van der Waals surface area contributed by atoms with Crippen LogP contribution in [-0.2, 0) is 11.3 Å². The van der Waals surface area contributed by atoms with Gasteiger partial charge in [0.2, 0.25) is 0 Å². The smallest absolute Gasteiger partial charge is 0.412 e. The van der Waals surface area contributed by atoms with Gasteiger partial charge in [-0.3, -0.25) is 9.80 Å². The fourth-order valence-corrected chi connectivity index (χ4v) is 4.03. The number of carbonyl (C=O) groups excluding carboxylic acids is 1. The summed E-state index contributed by atoms with van der Waals surface area (Å²) >= 11 is 0. The van der Waals surface area contributed by atoms with Crippen LogP contribution in [0.25, 0.3) is 0 Å². The number of fused-ring (bicyclic) bond motifs is 1. The maximum Gasteiger partial charge on any atom is 0.412 e. The molecule has 0 bridgehead atoms. The lowest BCUT2D eigenvalue weighted by molar-refractivity contribution is 0.0813.